The van der Waals surface area contributed by atoms with Crippen LogP contribution in [0, 0.1) is 12.3 Å². The van der Waals surface area contributed by atoms with Gasteiger partial charge in [0, 0.05) is 6.54 Å². The van der Waals surface area contributed by atoms with Crippen LogP contribution < -0.4 is 5.32 Å². The van der Waals surface area contributed by atoms with E-state index in [0.717, 1.165) is 0 Å². The van der Waals surface area contributed by atoms with Gasteiger partial charge in [0.25, 0.3) is 0 Å². The Bertz CT molecular complexity index is 325. The van der Waals surface area contributed by atoms with Gasteiger partial charge in [0.15, 0.2) is 0 Å². The number of hydrogen-bond donors (Lipinski definition) is 1. The first-order valence-corrected chi connectivity index (χ1v) is 7.99. The molecule has 6 nitrogen and oxygen atoms in total. The minimum atomic E-state index is -0.554. The highest BCUT2D eigenvalue weighted by Gasteiger charge is 2.22. The predicted octanol–water partition coefficient (Wildman–Crippen LogP) is 0.976. The lowest BCUT2D eigenvalue weighted by Gasteiger charge is -2.15. The first-order valence-electron chi connectivity index (χ1n) is 7.20. The van der Waals surface area contributed by atoms with Crippen LogP contribution >= 0.6 is 15.9 Å². The van der Waals surface area contributed by atoms with Crippen LogP contribution in [0.2, 0.25) is 0 Å². The van der Waals surface area contributed by atoms with Crippen molar-refractivity contribution in [2.75, 3.05) is 59.4 Å². The van der Waals surface area contributed by atoms with E-state index in [9.17, 15) is 4.79 Å². The van der Waals surface area contributed by atoms with E-state index in [4.69, 9.17) is 25.4 Å². The maximum absolute atomic E-state index is 11.5. The van der Waals surface area contributed by atoms with Crippen molar-refractivity contribution in [3.63, 3.8) is 0 Å². The van der Waals surface area contributed by atoms with Crippen molar-refractivity contribution in [1.82, 2.24) is 5.32 Å². The molecule has 1 N–H and O–H groups in total. The Balaban J connectivity index is 3.15. The van der Waals surface area contributed by atoms with E-state index >= 15 is 0 Å². The molecule has 0 heterocycles. The summed E-state index contributed by atoms with van der Waals surface area (Å²) in [5.74, 6) is 2.32. The highest BCUT2D eigenvalue weighted by molar-refractivity contribution is 9.10. The standard InChI is InChI=1S/C15H26BrNO5/c1-4-6-19-8-10-21-12-13-22-11-9-20-7-5-17-14(18)15(2,3)16/h1H,5-13H2,2-3H3,(H,17,18). The SMILES string of the molecule is C#CCOCCOCCOCCOCCNC(=O)C(C)(C)Br. The zero-order chi connectivity index (χ0) is 16.7. The second kappa shape index (κ2) is 14.0. The molecule has 0 fully saturated rings. The summed E-state index contributed by atoms with van der Waals surface area (Å²) in [5.41, 5.74) is 0. The summed E-state index contributed by atoms with van der Waals surface area (Å²) >= 11 is 3.28. The summed E-state index contributed by atoms with van der Waals surface area (Å²) in [7, 11) is 0. The molecule has 0 spiro atoms. The number of amides is 1. The fraction of sp³-hybridized carbons (Fsp3) is 0.800. The van der Waals surface area contributed by atoms with Gasteiger partial charge in [-0.15, -0.1) is 6.42 Å². The molecular formula is C15H26BrNO5. The number of carbonyl (C=O) groups excluding carboxylic acids is 1. The van der Waals surface area contributed by atoms with Gasteiger partial charge < -0.3 is 24.3 Å². The minimum absolute atomic E-state index is 0.0595. The second-order valence-corrected chi connectivity index (χ2v) is 6.80. The lowest BCUT2D eigenvalue weighted by molar-refractivity contribution is -0.122. The Morgan fingerprint density at radius 3 is 1.91 bits per heavy atom. The Kier molecular flexibility index (Phi) is 13.6. The molecule has 0 rings (SSSR count). The molecule has 1 amide bonds. The molecule has 0 saturated heterocycles. The minimum Gasteiger partial charge on any atom is -0.377 e. The molecule has 22 heavy (non-hydrogen) atoms. The van der Waals surface area contributed by atoms with Crippen molar-refractivity contribution >= 4 is 21.8 Å². The molecule has 0 aromatic heterocycles. The van der Waals surface area contributed by atoms with Crippen LogP contribution in [0.15, 0.2) is 0 Å². The molecular weight excluding hydrogens is 354 g/mol. The second-order valence-electron chi connectivity index (χ2n) is 4.82. The molecule has 0 unspecified atom stereocenters. The van der Waals surface area contributed by atoms with E-state index in [0.29, 0.717) is 59.4 Å². The van der Waals surface area contributed by atoms with Crippen LogP contribution in [0.25, 0.3) is 0 Å². The maximum Gasteiger partial charge on any atom is 0.236 e. The van der Waals surface area contributed by atoms with Crippen molar-refractivity contribution < 1.29 is 23.7 Å². The number of halogens is 1. The molecule has 0 saturated carbocycles. The van der Waals surface area contributed by atoms with Gasteiger partial charge in [0.1, 0.15) is 6.61 Å². The van der Waals surface area contributed by atoms with Crippen LogP contribution in [-0.2, 0) is 23.7 Å². The van der Waals surface area contributed by atoms with Gasteiger partial charge in [0.05, 0.1) is 50.6 Å². The average molecular weight is 380 g/mol. The maximum atomic E-state index is 11.5. The third-order valence-corrected chi connectivity index (χ3v) is 2.73. The van der Waals surface area contributed by atoms with E-state index in [-0.39, 0.29) is 5.91 Å². The summed E-state index contributed by atoms with van der Waals surface area (Å²) in [6.07, 6.45) is 5.03. The summed E-state index contributed by atoms with van der Waals surface area (Å²) < 4.78 is 20.4. The number of rotatable bonds is 14. The zero-order valence-corrected chi connectivity index (χ0v) is 14.9. The highest BCUT2D eigenvalue weighted by Crippen LogP contribution is 2.14. The Morgan fingerprint density at radius 2 is 1.45 bits per heavy atom. The smallest absolute Gasteiger partial charge is 0.236 e. The first kappa shape index (κ1) is 21.4. The van der Waals surface area contributed by atoms with Gasteiger partial charge in [-0.05, 0) is 13.8 Å². The lowest BCUT2D eigenvalue weighted by atomic mass is 10.2. The van der Waals surface area contributed by atoms with E-state index in [1.807, 2.05) is 0 Å². The van der Waals surface area contributed by atoms with Crippen LogP contribution in [0.4, 0.5) is 0 Å². The fourth-order valence-electron chi connectivity index (χ4n) is 1.24. The number of ether oxygens (including phenoxy) is 4. The molecule has 0 aliphatic rings. The first-order chi connectivity index (χ1) is 10.5. The van der Waals surface area contributed by atoms with E-state index in [1.54, 1.807) is 13.8 Å². The summed E-state index contributed by atoms with van der Waals surface area (Å²) in [6, 6.07) is 0. The zero-order valence-electron chi connectivity index (χ0n) is 13.4. The molecule has 7 heteroatoms. The molecule has 0 aromatic rings. The van der Waals surface area contributed by atoms with Gasteiger partial charge in [-0.3, -0.25) is 4.79 Å². The molecule has 0 radical (unpaired) electrons. The van der Waals surface area contributed by atoms with Gasteiger partial charge in [-0.25, -0.2) is 0 Å². The van der Waals surface area contributed by atoms with Crippen molar-refractivity contribution in [3.8, 4) is 12.3 Å². The quantitative estimate of drug-likeness (QED) is 0.277. The monoisotopic (exact) mass is 379 g/mol. The number of carbonyl (C=O) groups is 1. The van der Waals surface area contributed by atoms with Crippen LogP contribution in [0.1, 0.15) is 13.8 Å². The van der Waals surface area contributed by atoms with Gasteiger partial charge in [0.2, 0.25) is 5.91 Å². The van der Waals surface area contributed by atoms with Crippen molar-refractivity contribution in [2.24, 2.45) is 0 Å². The van der Waals surface area contributed by atoms with Crippen molar-refractivity contribution in [1.29, 1.82) is 0 Å². The number of alkyl halides is 1. The predicted molar refractivity (Wildman–Crippen MR) is 88.1 cm³/mol. The van der Waals surface area contributed by atoms with Crippen LogP contribution in [0.3, 0.4) is 0 Å². The summed E-state index contributed by atoms with van der Waals surface area (Å²) in [6.45, 7) is 7.83. The molecule has 0 atom stereocenters. The number of nitrogens with one attached hydrogen (secondary N) is 1. The molecule has 128 valence electrons. The molecule has 0 bridgehead atoms. The molecule has 0 aliphatic heterocycles. The highest BCUT2D eigenvalue weighted by atomic mass is 79.9. The van der Waals surface area contributed by atoms with Crippen molar-refractivity contribution in [2.45, 2.75) is 18.2 Å². The normalized spacial score (nSPS) is 11.2. The number of hydrogen-bond acceptors (Lipinski definition) is 5. The third-order valence-electron chi connectivity index (χ3n) is 2.37. The van der Waals surface area contributed by atoms with Crippen molar-refractivity contribution in [3.05, 3.63) is 0 Å². The van der Waals surface area contributed by atoms with Gasteiger partial charge in [-0.2, -0.15) is 0 Å². The fourth-order valence-corrected chi connectivity index (χ4v) is 1.38. The summed E-state index contributed by atoms with van der Waals surface area (Å²) in [4.78, 5) is 11.5. The molecule has 0 aromatic carbocycles. The number of terminal acetylenes is 1. The lowest BCUT2D eigenvalue weighted by Crippen LogP contribution is -2.39. The Labute approximate surface area is 141 Å². The van der Waals surface area contributed by atoms with E-state index in [2.05, 4.69) is 27.2 Å². The van der Waals surface area contributed by atoms with Crippen LogP contribution in [-0.4, -0.2) is 69.6 Å². The topological polar surface area (TPSA) is 66.0 Å². The Morgan fingerprint density at radius 1 is 1.00 bits per heavy atom. The van der Waals surface area contributed by atoms with Gasteiger partial charge >= 0.3 is 0 Å². The third kappa shape index (κ3) is 14.3. The Hall–Kier alpha value is -0.650. The molecule has 0 aliphatic carbocycles. The van der Waals surface area contributed by atoms with Gasteiger partial charge in [-0.1, -0.05) is 21.9 Å². The largest absolute Gasteiger partial charge is 0.377 e. The van der Waals surface area contributed by atoms with E-state index < -0.39 is 4.32 Å². The van der Waals surface area contributed by atoms with E-state index in [1.165, 1.54) is 0 Å². The van der Waals surface area contributed by atoms with Crippen LogP contribution in [0.5, 0.6) is 0 Å². The average Bonchev–Trinajstić information content (AvgIpc) is 2.46. The summed E-state index contributed by atoms with van der Waals surface area (Å²) in [5, 5.41) is 2.77.